The average molecular weight is 460 g/mol. The number of nitrogens with zero attached hydrogens (tertiary/aromatic N) is 6. The van der Waals surface area contributed by atoms with E-state index in [1.165, 1.54) is 0 Å². The maximum atomic E-state index is 12.8. The number of thiazole rings is 1. The minimum absolute atomic E-state index is 0.0224. The summed E-state index contributed by atoms with van der Waals surface area (Å²) in [5, 5.41) is 3.14. The van der Waals surface area contributed by atoms with Crippen molar-refractivity contribution in [3.63, 3.8) is 0 Å². The van der Waals surface area contributed by atoms with Crippen molar-refractivity contribution in [1.29, 1.82) is 0 Å². The lowest BCUT2D eigenvalue weighted by molar-refractivity contribution is 0.0595. The highest BCUT2D eigenvalue weighted by molar-refractivity contribution is 7.16. The Balaban J connectivity index is 1.26. The van der Waals surface area contributed by atoms with Crippen LogP contribution >= 0.6 is 11.3 Å². The van der Waals surface area contributed by atoms with Crippen LogP contribution in [0.3, 0.4) is 0 Å². The molecular weight excluding hydrogens is 434 g/mol. The van der Waals surface area contributed by atoms with Crippen LogP contribution in [0.1, 0.15) is 24.2 Å². The number of piperazine rings is 1. The molecule has 1 aliphatic rings. The van der Waals surface area contributed by atoms with Gasteiger partial charge in [0.1, 0.15) is 5.82 Å². The smallest absolute Gasteiger partial charge is 0.255 e. The van der Waals surface area contributed by atoms with Crippen molar-refractivity contribution in [2.24, 2.45) is 0 Å². The summed E-state index contributed by atoms with van der Waals surface area (Å²) < 4.78 is 1.12. The van der Waals surface area contributed by atoms with E-state index in [1.54, 1.807) is 35.9 Å². The zero-order chi connectivity index (χ0) is 22.8. The number of nitrogens with one attached hydrogen (secondary N) is 1. The number of anilines is 2. The molecule has 1 saturated heterocycles. The second kappa shape index (κ2) is 9.21. The fourth-order valence-electron chi connectivity index (χ4n) is 3.93. The van der Waals surface area contributed by atoms with Crippen LogP contribution in [0.2, 0.25) is 0 Å². The predicted octanol–water partition coefficient (Wildman–Crippen LogP) is 4.06. The van der Waals surface area contributed by atoms with Crippen LogP contribution in [-0.4, -0.2) is 67.9 Å². The number of hydrogen-bond acceptors (Lipinski definition) is 8. The van der Waals surface area contributed by atoms with E-state index in [9.17, 15) is 4.79 Å². The molecule has 168 valence electrons. The van der Waals surface area contributed by atoms with Gasteiger partial charge in [-0.25, -0.2) is 19.9 Å². The molecule has 1 fully saturated rings. The third kappa shape index (κ3) is 4.69. The van der Waals surface area contributed by atoms with Crippen molar-refractivity contribution in [2.45, 2.75) is 19.9 Å². The third-order valence-electron chi connectivity index (χ3n) is 5.86. The lowest BCUT2D eigenvalue weighted by Gasteiger charge is -2.36. The van der Waals surface area contributed by atoms with Gasteiger partial charge in [0.2, 0.25) is 5.95 Å². The number of rotatable bonds is 5. The molecule has 0 spiro atoms. The maximum Gasteiger partial charge on any atom is 0.255 e. The maximum absolute atomic E-state index is 12.8. The number of amides is 1. The molecule has 3 aromatic heterocycles. The highest BCUT2D eigenvalue weighted by atomic mass is 32.1. The minimum atomic E-state index is 0.0224. The Morgan fingerprint density at radius 3 is 2.64 bits per heavy atom. The first-order valence-electron chi connectivity index (χ1n) is 11.0. The molecule has 4 aromatic rings. The first-order valence-corrected chi connectivity index (χ1v) is 11.9. The second-order valence-corrected chi connectivity index (χ2v) is 9.17. The summed E-state index contributed by atoms with van der Waals surface area (Å²) in [6, 6.07) is 12.1. The van der Waals surface area contributed by atoms with Crippen molar-refractivity contribution in [3.8, 4) is 11.3 Å². The highest BCUT2D eigenvalue weighted by Crippen LogP contribution is 2.25. The molecule has 9 heteroatoms. The van der Waals surface area contributed by atoms with Crippen molar-refractivity contribution in [1.82, 2.24) is 29.7 Å². The van der Waals surface area contributed by atoms with E-state index in [0.29, 0.717) is 23.4 Å². The summed E-state index contributed by atoms with van der Waals surface area (Å²) in [6.07, 6.45) is 3.33. The molecule has 8 nitrogen and oxygen atoms in total. The van der Waals surface area contributed by atoms with Gasteiger partial charge in [-0.05, 0) is 44.2 Å². The number of carbonyl (C=O) groups excluding carboxylic acids is 1. The standard InChI is InChI=1S/C24H25N7OS/c1-16(2)30-9-11-31(12-10-30)23(32)18-4-6-22(26-14-18)29-24-25-8-7-19(28-24)17-3-5-20-21(13-17)33-15-27-20/h3-8,13-16H,9-12H2,1-2H3,(H,25,26,28,29). The lowest BCUT2D eigenvalue weighted by atomic mass is 10.1. The zero-order valence-corrected chi connectivity index (χ0v) is 19.4. The number of aromatic nitrogens is 4. The Hall–Kier alpha value is -3.43. The molecule has 0 aliphatic carbocycles. The van der Waals surface area contributed by atoms with Crippen LogP contribution in [0.25, 0.3) is 21.5 Å². The van der Waals surface area contributed by atoms with E-state index in [4.69, 9.17) is 0 Å². The first kappa shape index (κ1) is 21.4. The van der Waals surface area contributed by atoms with Crippen LogP contribution < -0.4 is 5.32 Å². The second-order valence-electron chi connectivity index (χ2n) is 8.28. The molecule has 1 aliphatic heterocycles. The van der Waals surface area contributed by atoms with Crippen LogP contribution in [0.4, 0.5) is 11.8 Å². The van der Waals surface area contributed by atoms with E-state index < -0.39 is 0 Å². The van der Waals surface area contributed by atoms with Crippen molar-refractivity contribution < 1.29 is 4.79 Å². The summed E-state index contributed by atoms with van der Waals surface area (Å²) in [5.74, 6) is 1.06. The van der Waals surface area contributed by atoms with Gasteiger partial charge in [-0.15, -0.1) is 11.3 Å². The van der Waals surface area contributed by atoms with Crippen LogP contribution in [0.15, 0.2) is 54.3 Å². The van der Waals surface area contributed by atoms with Gasteiger partial charge < -0.3 is 10.2 Å². The Bertz CT molecular complexity index is 1260. The van der Waals surface area contributed by atoms with Gasteiger partial charge >= 0.3 is 0 Å². The normalized spacial score (nSPS) is 14.7. The molecule has 0 saturated carbocycles. The topological polar surface area (TPSA) is 87.1 Å². The number of carbonyl (C=O) groups is 1. The molecule has 1 amide bonds. The van der Waals surface area contributed by atoms with Crippen LogP contribution in [-0.2, 0) is 0 Å². The number of pyridine rings is 1. The van der Waals surface area contributed by atoms with Crippen molar-refractivity contribution in [2.75, 3.05) is 31.5 Å². The fourth-order valence-corrected chi connectivity index (χ4v) is 4.64. The van der Waals surface area contributed by atoms with Gasteiger partial charge in [0, 0.05) is 50.2 Å². The molecule has 0 atom stereocenters. The highest BCUT2D eigenvalue weighted by Gasteiger charge is 2.23. The Kier molecular flexibility index (Phi) is 5.97. The third-order valence-corrected chi connectivity index (χ3v) is 6.66. The molecule has 1 aromatic carbocycles. The Labute approximate surface area is 196 Å². The van der Waals surface area contributed by atoms with Gasteiger partial charge in [-0.3, -0.25) is 9.69 Å². The molecule has 0 radical (unpaired) electrons. The molecule has 0 bridgehead atoms. The monoisotopic (exact) mass is 459 g/mol. The summed E-state index contributed by atoms with van der Waals surface area (Å²) >= 11 is 1.60. The lowest BCUT2D eigenvalue weighted by Crippen LogP contribution is -2.50. The largest absolute Gasteiger partial charge is 0.336 e. The summed E-state index contributed by atoms with van der Waals surface area (Å²) in [6.45, 7) is 7.66. The minimum Gasteiger partial charge on any atom is -0.336 e. The van der Waals surface area contributed by atoms with Crippen LogP contribution in [0, 0.1) is 0 Å². The molecule has 33 heavy (non-hydrogen) atoms. The first-order chi connectivity index (χ1) is 16.1. The van der Waals surface area contributed by atoms with E-state index in [-0.39, 0.29) is 5.91 Å². The molecule has 1 N–H and O–H groups in total. The van der Waals surface area contributed by atoms with Crippen molar-refractivity contribution in [3.05, 3.63) is 59.9 Å². The van der Waals surface area contributed by atoms with E-state index in [2.05, 4.69) is 50.1 Å². The van der Waals surface area contributed by atoms with Crippen molar-refractivity contribution >= 4 is 39.2 Å². The Morgan fingerprint density at radius 2 is 1.88 bits per heavy atom. The summed E-state index contributed by atoms with van der Waals surface area (Å²) in [7, 11) is 0. The molecule has 5 rings (SSSR count). The van der Waals surface area contributed by atoms with Crippen LogP contribution in [0.5, 0.6) is 0 Å². The van der Waals surface area contributed by atoms with Gasteiger partial charge in [0.15, 0.2) is 0 Å². The fraction of sp³-hybridized carbons (Fsp3) is 0.292. The van der Waals surface area contributed by atoms with E-state index >= 15 is 0 Å². The number of hydrogen-bond donors (Lipinski definition) is 1. The SMILES string of the molecule is CC(C)N1CCN(C(=O)c2ccc(Nc3nccc(-c4ccc5ncsc5c4)n3)nc2)CC1. The van der Waals surface area contributed by atoms with Gasteiger partial charge in [0.25, 0.3) is 5.91 Å². The predicted molar refractivity (Wildman–Crippen MR) is 131 cm³/mol. The molecule has 0 unspecified atom stereocenters. The zero-order valence-electron chi connectivity index (χ0n) is 18.6. The number of fused-ring (bicyclic) bond motifs is 1. The molecular formula is C24H25N7OS. The summed E-state index contributed by atoms with van der Waals surface area (Å²) in [5.41, 5.74) is 5.23. The van der Waals surface area contributed by atoms with E-state index in [0.717, 1.165) is 47.7 Å². The number of benzene rings is 1. The van der Waals surface area contributed by atoms with Gasteiger partial charge in [-0.2, -0.15) is 0 Å². The average Bonchev–Trinajstić information content (AvgIpc) is 3.32. The molecule has 4 heterocycles. The van der Waals surface area contributed by atoms with E-state index in [1.807, 2.05) is 28.6 Å². The Morgan fingerprint density at radius 1 is 1.03 bits per heavy atom. The van der Waals surface area contributed by atoms with Gasteiger partial charge in [-0.1, -0.05) is 6.07 Å². The summed E-state index contributed by atoms with van der Waals surface area (Å²) in [4.78, 5) is 34.8. The quantitative estimate of drug-likeness (QED) is 0.482. The van der Waals surface area contributed by atoms with Gasteiger partial charge in [0.05, 0.1) is 27.0 Å².